The first-order chi connectivity index (χ1) is 26.3. The summed E-state index contributed by atoms with van der Waals surface area (Å²) >= 11 is 0. The zero-order chi connectivity index (χ0) is 34.9. The van der Waals surface area contributed by atoms with Gasteiger partial charge in [0.05, 0.1) is 22.1 Å². The number of fused-ring (bicyclic) bond motifs is 11. The van der Waals surface area contributed by atoms with Gasteiger partial charge >= 0.3 is 0 Å². The minimum atomic E-state index is -0.483. The Morgan fingerprint density at radius 3 is 1.77 bits per heavy atom. The quantitative estimate of drug-likeness (QED) is 0.174. The van der Waals surface area contributed by atoms with E-state index in [0.29, 0.717) is 0 Å². The van der Waals surface area contributed by atoms with Crippen LogP contribution in [0.15, 0.2) is 194 Å². The first-order valence-corrected chi connectivity index (χ1v) is 18.2. The zero-order valence-corrected chi connectivity index (χ0v) is 28.9. The largest absolute Gasteiger partial charge is 0.256 e. The van der Waals surface area contributed by atoms with E-state index in [0.717, 1.165) is 49.4 Å². The van der Waals surface area contributed by atoms with Crippen LogP contribution < -0.4 is 0 Å². The van der Waals surface area contributed by atoms with E-state index in [1.54, 1.807) is 0 Å². The lowest BCUT2D eigenvalue weighted by Gasteiger charge is -2.34. The third kappa shape index (κ3) is 4.33. The van der Waals surface area contributed by atoms with E-state index in [9.17, 15) is 0 Å². The molecule has 53 heavy (non-hydrogen) atoms. The van der Waals surface area contributed by atoms with E-state index in [-0.39, 0.29) is 0 Å². The summed E-state index contributed by atoms with van der Waals surface area (Å²) < 4.78 is 0. The summed E-state index contributed by atoms with van der Waals surface area (Å²) in [5, 5.41) is 7.03. The number of hydrogen-bond acceptors (Lipinski definition) is 2. The van der Waals surface area contributed by atoms with E-state index in [2.05, 4.69) is 182 Å². The smallest absolute Gasteiger partial charge is 0.0795 e. The Labute approximate surface area is 307 Å². The summed E-state index contributed by atoms with van der Waals surface area (Å²) in [5.74, 6) is 0. The van der Waals surface area contributed by atoms with Crippen molar-refractivity contribution in [1.82, 2.24) is 9.97 Å². The van der Waals surface area contributed by atoms with Gasteiger partial charge in [-0.2, -0.15) is 0 Å². The fraction of sp³-hybridized carbons (Fsp3) is 0.0196. The molecule has 0 bridgehead atoms. The van der Waals surface area contributed by atoms with E-state index in [1.807, 2.05) is 12.3 Å². The average Bonchev–Trinajstić information content (AvgIpc) is 3.55. The van der Waals surface area contributed by atoms with Gasteiger partial charge in [-0.3, -0.25) is 4.98 Å². The molecule has 0 atom stereocenters. The molecule has 0 spiro atoms. The lowest BCUT2D eigenvalue weighted by Crippen LogP contribution is -2.28. The first-order valence-electron chi connectivity index (χ1n) is 18.2. The monoisotopic (exact) mass is 672 g/mol. The molecular weight excluding hydrogens is 641 g/mol. The Morgan fingerprint density at radius 2 is 1.00 bits per heavy atom. The van der Waals surface area contributed by atoms with Gasteiger partial charge in [0.1, 0.15) is 0 Å². The Kier molecular flexibility index (Phi) is 6.50. The molecule has 2 heteroatoms. The summed E-state index contributed by atoms with van der Waals surface area (Å²) in [6.07, 6.45) is 1.87. The maximum atomic E-state index is 5.35. The fourth-order valence-corrected chi connectivity index (χ4v) is 9.07. The van der Waals surface area contributed by atoms with Crippen molar-refractivity contribution in [3.63, 3.8) is 0 Å². The number of nitrogens with zero attached hydrogens (tertiary/aromatic N) is 2. The lowest BCUT2D eigenvalue weighted by molar-refractivity contribution is 0.769. The van der Waals surface area contributed by atoms with Crippen molar-refractivity contribution in [1.29, 1.82) is 0 Å². The van der Waals surface area contributed by atoms with Gasteiger partial charge in [-0.1, -0.05) is 158 Å². The second kappa shape index (κ2) is 11.6. The number of rotatable bonds is 4. The summed E-state index contributed by atoms with van der Waals surface area (Å²) in [6.45, 7) is 0. The van der Waals surface area contributed by atoms with E-state index < -0.39 is 5.41 Å². The molecule has 2 nitrogen and oxygen atoms in total. The van der Waals surface area contributed by atoms with Crippen molar-refractivity contribution in [2.24, 2.45) is 0 Å². The molecule has 11 rings (SSSR count). The van der Waals surface area contributed by atoms with Gasteiger partial charge in [-0.15, -0.1) is 0 Å². The second-order valence-electron chi connectivity index (χ2n) is 14.1. The maximum absolute atomic E-state index is 5.35. The summed E-state index contributed by atoms with van der Waals surface area (Å²) in [5.41, 5.74) is 13.7. The molecule has 1 aliphatic carbocycles. The predicted octanol–water partition coefficient (Wildman–Crippen LogP) is 12.8. The van der Waals surface area contributed by atoms with Crippen LogP contribution >= 0.6 is 0 Å². The van der Waals surface area contributed by atoms with Crippen LogP contribution in [-0.2, 0) is 5.41 Å². The van der Waals surface area contributed by atoms with Crippen molar-refractivity contribution in [2.75, 3.05) is 0 Å². The molecule has 246 valence electrons. The molecule has 0 unspecified atom stereocenters. The molecule has 10 aromatic rings. The lowest BCUT2D eigenvalue weighted by atomic mass is 9.67. The van der Waals surface area contributed by atoms with Gasteiger partial charge in [0.25, 0.3) is 0 Å². The minimum absolute atomic E-state index is 0.483. The Bertz CT molecular complexity index is 2980. The Morgan fingerprint density at radius 1 is 0.377 bits per heavy atom. The molecule has 2 aromatic heterocycles. The molecule has 0 N–H and O–H groups in total. The molecule has 1 aliphatic rings. The van der Waals surface area contributed by atoms with Gasteiger partial charge in [-0.05, 0) is 85.6 Å². The molecule has 8 aromatic carbocycles. The number of benzene rings is 8. The van der Waals surface area contributed by atoms with Crippen LogP contribution in [0.5, 0.6) is 0 Å². The summed E-state index contributed by atoms with van der Waals surface area (Å²) in [7, 11) is 0. The standard InChI is InChI=1S/C51H32N2/c1-3-16-37(17-4-1)51(38-18-5-2-6-19-38)45-28-25-33-13-7-8-20-39(33)48(45)44-26-24-35(32-46(44)51)34-14-11-15-36(31-34)47-29-27-43-41-23-12-30-52-49(41)40-21-9-10-22-42(40)50(43)53-47/h1-32H. The van der Waals surface area contributed by atoms with E-state index in [4.69, 9.17) is 9.97 Å². The third-order valence-corrected chi connectivity index (χ3v) is 11.4. The average molecular weight is 673 g/mol. The molecule has 2 heterocycles. The maximum Gasteiger partial charge on any atom is 0.0795 e. The Hall–Kier alpha value is -6.90. The predicted molar refractivity (Wildman–Crippen MR) is 220 cm³/mol. The van der Waals surface area contributed by atoms with Crippen LogP contribution in [0.4, 0.5) is 0 Å². The van der Waals surface area contributed by atoms with Gasteiger partial charge in [0, 0.05) is 33.3 Å². The van der Waals surface area contributed by atoms with E-state index >= 15 is 0 Å². The van der Waals surface area contributed by atoms with Gasteiger partial charge in [0.2, 0.25) is 0 Å². The van der Waals surface area contributed by atoms with E-state index in [1.165, 1.54) is 49.7 Å². The molecule has 0 radical (unpaired) electrons. The highest BCUT2D eigenvalue weighted by Gasteiger charge is 2.46. The number of aromatic nitrogens is 2. The first kappa shape index (κ1) is 29.8. The summed E-state index contributed by atoms with van der Waals surface area (Å²) in [6, 6.07) is 68.5. The molecule has 0 saturated heterocycles. The minimum Gasteiger partial charge on any atom is -0.256 e. The highest BCUT2D eigenvalue weighted by Crippen LogP contribution is 2.58. The highest BCUT2D eigenvalue weighted by molar-refractivity contribution is 6.23. The van der Waals surface area contributed by atoms with Crippen LogP contribution in [0.3, 0.4) is 0 Å². The molecule has 0 saturated carbocycles. The van der Waals surface area contributed by atoms with Crippen molar-refractivity contribution in [3.05, 3.63) is 217 Å². The highest BCUT2D eigenvalue weighted by atomic mass is 14.7. The van der Waals surface area contributed by atoms with Gasteiger partial charge in [-0.25, -0.2) is 4.98 Å². The molecule has 0 amide bonds. The van der Waals surface area contributed by atoms with Crippen molar-refractivity contribution < 1.29 is 0 Å². The SMILES string of the molecule is c1ccc(C2(c3ccccc3)c3cc(-c4cccc(-c5ccc6c7cccnc7c7ccccc7c6n5)c4)ccc3-c3c2ccc2ccccc32)cc1. The van der Waals surface area contributed by atoms with Crippen molar-refractivity contribution >= 4 is 43.4 Å². The Balaban J connectivity index is 1.13. The van der Waals surface area contributed by atoms with Crippen LogP contribution in [0.2, 0.25) is 0 Å². The fourth-order valence-electron chi connectivity index (χ4n) is 9.07. The number of pyridine rings is 2. The van der Waals surface area contributed by atoms with Crippen LogP contribution in [0.1, 0.15) is 22.3 Å². The zero-order valence-electron chi connectivity index (χ0n) is 28.9. The van der Waals surface area contributed by atoms with Gasteiger partial charge < -0.3 is 0 Å². The van der Waals surface area contributed by atoms with Crippen LogP contribution in [0, 0.1) is 0 Å². The van der Waals surface area contributed by atoms with Gasteiger partial charge in [0.15, 0.2) is 0 Å². The van der Waals surface area contributed by atoms with Crippen molar-refractivity contribution in [2.45, 2.75) is 5.41 Å². The molecular formula is C51H32N2. The topological polar surface area (TPSA) is 25.8 Å². The number of hydrogen-bond donors (Lipinski definition) is 0. The van der Waals surface area contributed by atoms with Crippen molar-refractivity contribution in [3.8, 4) is 33.5 Å². The normalized spacial score (nSPS) is 13.1. The third-order valence-electron chi connectivity index (χ3n) is 11.4. The van der Waals surface area contributed by atoms with Crippen LogP contribution in [0.25, 0.3) is 76.9 Å². The molecule has 0 aliphatic heterocycles. The second-order valence-corrected chi connectivity index (χ2v) is 14.1. The summed E-state index contributed by atoms with van der Waals surface area (Å²) in [4.78, 5) is 10.1. The van der Waals surface area contributed by atoms with Crippen LogP contribution in [-0.4, -0.2) is 9.97 Å². The molecule has 0 fully saturated rings.